The molecule has 0 aliphatic carbocycles. The average Bonchev–Trinajstić information content (AvgIpc) is 2.58. The molecule has 0 atom stereocenters. The molecule has 4 N–H and O–H groups in total. The van der Waals surface area contributed by atoms with Crippen LogP contribution in [-0.2, 0) is 6.18 Å². The number of aromatic carboxylic acids is 1. The van der Waals surface area contributed by atoms with Crippen LogP contribution in [0.2, 0.25) is 0 Å². The van der Waals surface area contributed by atoms with E-state index in [1.165, 1.54) is 6.07 Å². The molecule has 0 bridgehead atoms. The fourth-order valence-electron chi connectivity index (χ4n) is 1.44. The molecule has 1 aromatic heterocycles. The first-order valence-corrected chi connectivity index (χ1v) is 4.39. The summed E-state index contributed by atoms with van der Waals surface area (Å²) in [6.07, 6.45) is -4.66. The Morgan fingerprint density at radius 1 is 1.41 bits per heavy atom. The molecule has 90 valence electrons. The van der Waals surface area contributed by atoms with E-state index in [4.69, 9.17) is 10.8 Å². The quantitative estimate of drug-likeness (QED) is 0.668. The second kappa shape index (κ2) is 3.37. The van der Waals surface area contributed by atoms with Crippen molar-refractivity contribution in [1.82, 2.24) is 9.97 Å². The first-order chi connectivity index (χ1) is 7.79. The lowest BCUT2D eigenvalue weighted by atomic mass is 10.1. The molecule has 0 unspecified atom stereocenters. The Hall–Kier alpha value is -2.25. The van der Waals surface area contributed by atoms with Gasteiger partial charge in [-0.1, -0.05) is 0 Å². The van der Waals surface area contributed by atoms with Crippen LogP contribution >= 0.6 is 0 Å². The number of nitrogen functional groups attached to an aromatic ring is 1. The Morgan fingerprint density at radius 2 is 2.06 bits per heavy atom. The van der Waals surface area contributed by atoms with Crippen molar-refractivity contribution in [2.45, 2.75) is 6.18 Å². The van der Waals surface area contributed by atoms with Crippen LogP contribution in [0, 0.1) is 0 Å². The van der Waals surface area contributed by atoms with Gasteiger partial charge in [0, 0.05) is 5.69 Å². The Morgan fingerprint density at radius 3 is 2.59 bits per heavy atom. The number of benzene rings is 1. The number of nitrogens with one attached hydrogen (secondary N) is 1. The minimum Gasteiger partial charge on any atom is -0.478 e. The zero-order valence-corrected chi connectivity index (χ0v) is 8.17. The number of nitrogens with zero attached hydrogens (tertiary/aromatic N) is 1. The monoisotopic (exact) mass is 245 g/mol. The van der Waals surface area contributed by atoms with Crippen molar-refractivity contribution >= 4 is 22.7 Å². The van der Waals surface area contributed by atoms with Crippen molar-refractivity contribution in [3.63, 3.8) is 0 Å². The molecule has 1 heterocycles. The minimum absolute atomic E-state index is 0.0372. The van der Waals surface area contributed by atoms with Gasteiger partial charge in [0.15, 0.2) is 0 Å². The topological polar surface area (TPSA) is 92.0 Å². The average molecular weight is 245 g/mol. The highest BCUT2D eigenvalue weighted by Crippen LogP contribution is 2.30. The Balaban J connectivity index is 2.76. The number of hydrogen-bond acceptors (Lipinski definition) is 3. The van der Waals surface area contributed by atoms with Crippen LogP contribution in [-0.4, -0.2) is 21.0 Å². The number of alkyl halides is 3. The first kappa shape index (κ1) is 11.2. The smallest absolute Gasteiger partial charge is 0.449 e. The molecule has 5 nitrogen and oxygen atoms in total. The number of anilines is 1. The zero-order chi connectivity index (χ0) is 12.8. The van der Waals surface area contributed by atoms with Crippen LogP contribution in [0.3, 0.4) is 0 Å². The van der Waals surface area contributed by atoms with E-state index in [0.717, 1.165) is 6.07 Å². The lowest BCUT2D eigenvalue weighted by molar-refractivity contribution is -0.144. The number of H-pyrrole nitrogens is 1. The number of carboxylic acids is 1. The second-order valence-electron chi connectivity index (χ2n) is 3.35. The number of nitrogens with two attached hydrogens (primary N) is 1. The Kier molecular flexibility index (Phi) is 2.23. The predicted molar refractivity (Wildman–Crippen MR) is 52.5 cm³/mol. The number of carboxylic acid groups (broad SMARTS) is 1. The first-order valence-electron chi connectivity index (χ1n) is 4.39. The van der Waals surface area contributed by atoms with Gasteiger partial charge in [-0.25, -0.2) is 9.78 Å². The van der Waals surface area contributed by atoms with E-state index in [0.29, 0.717) is 0 Å². The summed E-state index contributed by atoms with van der Waals surface area (Å²) in [6, 6.07) is 2.25. The third-order valence-electron chi connectivity index (χ3n) is 2.11. The van der Waals surface area contributed by atoms with Crippen LogP contribution in [0.1, 0.15) is 16.2 Å². The van der Waals surface area contributed by atoms with Crippen molar-refractivity contribution in [2.75, 3.05) is 5.73 Å². The molecule has 0 fully saturated rings. The van der Waals surface area contributed by atoms with Crippen molar-refractivity contribution in [3.05, 3.63) is 23.5 Å². The van der Waals surface area contributed by atoms with Crippen molar-refractivity contribution in [2.24, 2.45) is 0 Å². The predicted octanol–water partition coefficient (Wildman–Crippen LogP) is 1.86. The van der Waals surface area contributed by atoms with E-state index in [1.807, 2.05) is 4.98 Å². The number of aromatic amines is 1. The molecule has 0 spiro atoms. The molecule has 0 amide bonds. The summed E-state index contributed by atoms with van der Waals surface area (Å²) in [5.41, 5.74) is 4.75. The molecule has 1 aromatic carbocycles. The van der Waals surface area contributed by atoms with Gasteiger partial charge in [0.2, 0.25) is 5.82 Å². The van der Waals surface area contributed by atoms with E-state index in [9.17, 15) is 18.0 Å². The molecule has 0 saturated carbocycles. The van der Waals surface area contributed by atoms with Gasteiger partial charge >= 0.3 is 12.1 Å². The largest absolute Gasteiger partial charge is 0.478 e. The normalized spacial score (nSPS) is 11.9. The fourth-order valence-corrected chi connectivity index (χ4v) is 1.44. The summed E-state index contributed by atoms with van der Waals surface area (Å²) in [6.45, 7) is 0. The van der Waals surface area contributed by atoms with E-state index in [1.54, 1.807) is 0 Å². The minimum atomic E-state index is -4.66. The van der Waals surface area contributed by atoms with E-state index < -0.39 is 18.0 Å². The van der Waals surface area contributed by atoms with Gasteiger partial charge in [-0.15, -0.1) is 0 Å². The Labute approximate surface area is 92.1 Å². The fraction of sp³-hybridized carbons (Fsp3) is 0.111. The van der Waals surface area contributed by atoms with E-state index in [-0.39, 0.29) is 22.3 Å². The number of hydrogen-bond donors (Lipinski definition) is 3. The third kappa shape index (κ3) is 1.88. The van der Waals surface area contributed by atoms with Crippen LogP contribution in [0.25, 0.3) is 11.0 Å². The summed E-state index contributed by atoms with van der Waals surface area (Å²) < 4.78 is 37.2. The summed E-state index contributed by atoms with van der Waals surface area (Å²) in [5, 5.41) is 8.83. The van der Waals surface area contributed by atoms with Crippen LogP contribution < -0.4 is 5.73 Å². The number of carbonyl (C=O) groups is 1. The molecule has 0 aliphatic heterocycles. The molecular weight excluding hydrogens is 239 g/mol. The standard InChI is InChI=1S/C9H6F3N3O2/c10-9(11,12)8-14-5-2-3(13)1-4(7(16)17)6(5)15-8/h1-2H,13H2,(H,14,15)(H,16,17). The van der Waals surface area contributed by atoms with Crippen molar-refractivity contribution in [3.8, 4) is 0 Å². The van der Waals surface area contributed by atoms with Crippen LogP contribution in [0.5, 0.6) is 0 Å². The maximum Gasteiger partial charge on any atom is 0.449 e. The second-order valence-corrected chi connectivity index (χ2v) is 3.35. The summed E-state index contributed by atoms with van der Waals surface area (Å²) >= 11 is 0. The maximum atomic E-state index is 12.4. The maximum absolute atomic E-state index is 12.4. The molecule has 8 heteroatoms. The van der Waals surface area contributed by atoms with E-state index >= 15 is 0 Å². The molecule has 2 aromatic rings. The number of aromatic nitrogens is 2. The molecule has 0 aliphatic rings. The van der Waals surface area contributed by atoms with Crippen LogP contribution in [0.4, 0.5) is 18.9 Å². The summed E-state index contributed by atoms with van der Waals surface area (Å²) in [5.74, 6) is -2.62. The summed E-state index contributed by atoms with van der Waals surface area (Å²) in [7, 11) is 0. The van der Waals surface area contributed by atoms with Crippen molar-refractivity contribution < 1.29 is 23.1 Å². The number of rotatable bonds is 1. The van der Waals surface area contributed by atoms with Gasteiger partial charge in [-0.2, -0.15) is 13.2 Å². The number of halogens is 3. The highest BCUT2D eigenvalue weighted by atomic mass is 19.4. The molecule has 17 heavy (non-hydrogen) atoms. The molecule has 0 saturated heterocycles. The number of imidazole rings is 1. The van der Waals surface area contributed by atoms with Gasteiger partial charge in [-0.3, -0.25) is 0 Å². The van der Waals surface area contributed by atoms with Gasteiger partial charge in [-0.05, 0) is 12.1 Å². The van der Waals surface area contributed by atoms with Gasteiger partial charge in [0.25, 0.3) is 0 Å². The van der Waals surface area contributed by atoms with Gasteiger partial charge in [0.1, 0.15) is 0 Å². The molecule has 2 rings (SSSR count). The SMILES string of the molecule is Nc1cc(C(=O)O)c2[nH]c(C(F)(F)F)nc2c1. The zero-order valence-electron chi connectivity index (χ0n) is 8.17. The van der Waals surface area contributed by atoms with Crippen LogP contribution in [0.15, 0.2) is 12.1 Å². The molecular formula is C9H6F3N3O2. The lowest BCUT2D eigenvalue weighted by Gasteiger charge is -1.99. The van der Waals surface area contributed by atoms with Gasteiger partial charge < -0.3 is 15.8 Å². The summed E-state index contributed by atoms with van der Waals surface area (Å²) in [4.78, 5) is 16.0. The van der Waals surface area contributed by atoms with Crippen molar-refractivity contribution in [1.29, 1.82) is 0 Å². The highest BCUT2D eigenvalue weighted by Gasteiger charge is 2.35. The van der Waals surface area contributed by atoms with Gasteiger partial charge in [0.05, 0.1) is 16.6 Å². The molecule has 0 radical (unpaired) electrons. The highest BCUT2D eigenvalue weighted by molar-refractivity contribution is 6.02. The lowest BCUT2D eigenvalue weighted by Crippen LogP contribution is -2.07. The van der Waals surface area contributed by atoms with E-state index in [2.05, 4.69) is 4.98 Å². The number of fused-ring (bicyclic) bond motifs is 1. The third-order valence-corrected chi connectivity index (χ3v) is 2.11. The Bertz CT molecular complexity index is 603.